The normalized spacial score (nSPS) is 20.4. The molecule has 4 heteroatoms. The largest absolute Gasteiger partial charge is 0.323 e. The number of hydrogen-bond donors (Lipinski definition) is 0. The number of benzene rings is 2. The highest BCUT2D eigenvalue weighted by Crippen LogP contribution is 2.49. The van der Waals surface area contributed by atoms with Gasteiger partial charge in [-0.05, 0) is 59.2 Å². The first-order valence-electron chi connectivity index (χ1n) is 10.2. The van der Waals surface area contributed by atoms with Gasteiger partial charge in [-0.3, -0.25) is 4.79 Å². The molecule has 0 saturated carbocycles. The van der Waals surface area contributed by atoms with Crippen molar-refractivity contribution in [3.63, 3.8) is 0 Å². The van der Waals surface area contributed by atoms with E-state index in [1.165, 1.54) is 28.8 Å². The molecule has 4 rings (SSSR count). The van der Waals surface area contributed by atoms with E-state index in [0.29, 0.717) is 6.42 Å². The van der Waals surface area contributed by atoms with Crippen molar-refractivity contribution < 1.29 is 13.6 Å². The molecule has 1 amide bonds. The maximum atomic E-state index is 14.1. The molecule has 2 atom stereocenters. The summed E-state index contributed by atoms with van der Waals surface area (Å²) in [5, 5.41) is 0. The number of unbranched alkanes of at least 4 members (excludes halogenated alkanes) is 1. The maximum absolute atomic E-state index is 14.1. The number of fused-ring (bicyclic) bond motifs is 2. The lowest BCUT2D eigenvalue weighted by atomic mass is 9.83. The average molecular weight is 393 g/mol. The molecule has 0 saturated heterocycles. The van der Waals surface area contributed by atoms with Gasteiger partial charge < -0.3 is 4.90 Å². The van der Waals surface area contributed by atoms with Crippen LogP contribution in [0.25, 0.3) is 5.57 Å². The van der Waals surface area contributed by atoms with Crippen LogP contribution in [0, 0.1) is 5.82 Å². The molecule has 0 fully saturated rings. The van der Waals surface area contributed by atoms with E-state index in [4.69, 9.17) is 0 Å². The van der Waals surface area contributed by atoms with E-state index < -0.39 is 17.8 Å². The first-order chi connectivity index (χ1) is 14.0. The zero-order valence-electron chi connectivity index (χ0n) is 16.6. The Morgan fingerprint density at radius 2 is 1.90 bits per heavy atom. The summed E-state index contributed by atoms with van der Waals surface area (Å²) in [6.45, 7) is 5.39. The molecule has 2 aromatic carbocycles. The van der Waals surface area contributed by atoms with Gasteiger partial charge in [-0.25, -0.2) is 8.78 Å². The second-order valence-corrected chi connectivity index (χ2v) is 7.91. The fraction of sp³-hybridized carbons (Fsp3) is 0.320. The number of halogens is 2. The minimum atomic E-state index is -0.946. The van der Waals surface area contributed by atoms with Crippen LogP contribution in [-0.2, 0) is 11.2 Å². The Labute approximate surface area is 170 Å². The summed E-state index contributed by atoms with van der Waals surface area (Å²) in [5.41, 5.74) is 5.63. The molecule has 1 heterocycles. The summed E-state index contributed by atoms with van der Waals surface area (Å²) in [4.78, 5) is 14.6. The highest BCUT2D eigenvalue weighted by atomic mass is 19.1. The van der Waals surface area contributed by atoms with E-state index in [1.54, 1.807) is 17.0 Å². The first-order valence-corrected chi connectivity index (χ1v) is 10.2. The number of carbonyl (C=O) groups excluding carboxylic acids is 1. The molecule has 2 nitrogen and oxygen atoms in total. The Hall–Kier alpha value is -2.75. The topological polar surface area (TPSA) is 20.3 Å². The number of carbonyl (C=O) groups is 1. The second-order valence-electron chi connectivity index (χ2n) is 7.91. The van der Waals surface area contributed by atoms with Crippen molar-refractivity contribution in [2.45, 2.75) is 51.1 Å². The minimum Gasteiger partial charge on any atom is -0.323 e. The zero-order chi connectivity index (χ0) is 20.5. The van der Waals surface area contributed by atoms with Gasteiger partial charge in [-0.15, -0.1) is 0 Å². The smallest absolute Gasteiger partial charge is 0.282 e. The zero-order valence-corrected chi connectivity index (χ0v) is 16.6. The predicted octanol–water partition coefficient (Wildman–Crippen LogP) is 6.15. The van der Waals surface area contributed by atoms with Gasteiger partial charge in [-0.2, -0.15) is 0 Å². The molecule has 0 spiro atoms. The maximum Gasteiger partial charge on any atom is 0.282 e. The third-order valence-electron chi connectivity index (χ3n) is 6.10. The van der Waals surface area contributed by atoms with E-state index in [-0.39, 0.29) is 11.9 Å². The van der Waals surface area contributed by atoms with E-state index in [0.717, 1.165) is 36.8 Å². The van der Waals surface area contributed by atoms with Crippen molar-refractivity contribution in [3.05, 3.63) is 89.0 Å². The molecule has 1 aliphatic carbocycles. The molecule has 0 radical (unpaired) electrons. The van der Waals surface area contributed by atoms with Crippen molar-refractivity contribution in [1.82, 2.24) is 4.90 Å². The van der Waals surface area contributed by atoms with Crippen LogP contribution >= 0.6 is 0 Å². The van der Waals surface area contributed by atoms with Crippen LogP contribution in [0.3, 0.4) is 0 Å². The molecular formula is C25H25F2NO. The molecule has 1 aliphatic heterocycles. The van der Waals surface area contributed by atoms with Gasteiger partial charge in [0.2, 0.25) is 0 Å². The number of amides is 1. The van der Waals surface area contributed by atoms with Crippen LogP contribution in [0.5, 0.6) is 0 Å². The Kier molecular flexibility index (Phi) is 5.35. The number of nitrogens with zero attached hydrogens (tertiary/aromatic N) is 1. The molecular weight excluding hydrogens is 368 g/mol. The number of rotatable bonds is 5. The molecule has 0 aromatic heterocycles. The van der Waals surface area contributed by atoms with E-state index in [9.17, 15) is 13.6 Å². The van der Waals surface area contributed by atoms with Gasteiger partial charge in [0.25, 0.3) is 5.91 Å². The monoisotopic (exact) mass is 393 g/mol. The van der Waals surface area contributed by atoms with E-state index in [2.05, 4.69) is 25.6 Å². The Bertz CT molecular complexity index is 977. The highest BCUT2D eigenvalue weighted by molar-refractivity contribution is 5.93. The van der Waals surface area contributed by atoms with Crippen molar-refractivity contribution in [1.29, 1.82) is 0 Å². The van der Waals surface area contributed by atoms with Crippen molar-refractivity contribution in [3.8, 4) is 0 Å². The molecule has 0 unspecified atom stereocenters. The molecule has 0 N–H and O–H groups in total. The lowest BCUT2D eigenvalue weighted by Gasteiger charge is -2.43. The average Bonchev–Trinajstić information content (AvgIpc) is 3.09. The molecule has 2 aliphatic rings. The highest BCUT2D eigenvalue weighted by Gasteiger charge is 2.42. The van der Waals surface area contributed by atoms with Crippen LogP contribution in [0.4, 0.5) is 8.78 Å². The van der Waals surface area contributed by atoms with Crippen molar-refractivity contribution >= 4 is 11.5 Å². The van der Waals surface area contributed by atoms with Gasteiger partial charge in [0.05, 0.1) is 6.04 Å². The van der Waals surface area contributed by atoms with Crippen LogP contribution in [-0.4, -0.2) is 16.8 Å². The Morgan fingerprint density at radius 3 is 2.59 bits per heavy atom. The summed E-state index contributed by atoms with van der Waals surface area (Å²) in [7, 11) is 0. The third kappa shape index (κ3) is 3.52. The predicted molar refractivity (Wildman–Crippen MR) is 111 cm³/mol. The first kappa shape index (κ1) is 19.6. The van der Waals surface area contributed by atoms with Gasteiger partial charge in [0, 0.05) is 6.04 Å². The summed E-state index contributed by atoms with van der Waals surface area (Å²) in [5.74, 6) is -1.94. The van der Waals surface area contributed by atoms with Crippen LogP contribution in [0.15, 0.2) is 66.5 Å². The second kappa shape index (κ2) is 7.94. The van der Waals surface area contributed by atoms with Crippen LogP contribution < -0.4 is 0 Å². The van der Waals surface area contributed by atoms with E-state index in [1.807, 2.05) is 12.1 Å². The molecule has 150 valence electrons. The summed E-state index contributed by atoms with van der Waals surface area (Å²) in [6, 6.07) is 14.0. The van der Waals surface area contributed by atoms with Gasteiger partial charge in [0.15, 0.2) is 5.83 Å². The fourth-order valence-electron chi connectivity index (χ4n) is 4.78. The lowest BCUT2D eigenvalue weighted by molar-refractivity contribution is -0.133. The SMILES string of the molecule is C=C(F)C(=O)N1[C@@H](CCCC)CC2=C(Cc3ccccc32)[C@@H]1c1ccc(F)cc1. The Balaban J connectivity index is 1.87. The van der Waals surface area contributed by atoms with Gasteiger partial charge in [0.1, 0.15) is 5.82 Å². The van der Waals surface area contributed by atoms with Crippen molar-refractivity contribution in [2.75, 3.05) is 0 Å². The van der Waals surface area contributed by atoms with Gasteiger partial charge in [-0.1, -0.05) is 62.7 Å². The molecule has 2 aromatic rings. The quantitative estimate of drug-likeness (QED) is 0.558. The summed E-state index contributed by atoms with van der Waals surface area (Å²) >= 11 is 0. The van der Waals surface area contributed by atoms with Crippen LogP contribution in [0.1, 0.15) is 55.3 Å². The fourth-order valence-corrected chi connectivity index (χ4v) is 4.78. The Morgan fingerprint density at radius 1 is 1.17 bits per heavy atom. The standard InChI is InChI=1S/C25H25F2NO/c1-3-4-8-20-15-22-21-9-6-5-7-18(21)14-23(22)24(28(20)25(29)16(2)26)17-10-12-19(27)13-11-17/h5-7,9-13,20,24H,2-4,8,14-15H2,1H3/t20-,24-/m0/s1. The van der Waals surface area contributed by atoms with E-state index >= 15 is 0 Å². The van der Waals surface area contributed by atoms with Crippen LogP contribution in [0.2, 0.25) is 0 Å². The molecule has 0 bridgehead atoms. The van der Waals surface area contributed by atoms with Gasteiger partial charge >= 0.3 is 0 Å². The van der Waals surface area contributed by atoms with Crippen molar-refractivity contribution in [2.24, 2.45) is 0 Å². The molecule has 29 heavy (non-hydrogen) atoms. The summed E-state index contributed by atoms with van der Waals surface area (Å²) < 4.78 is 27.7. The lowest BCUT2D eigenvalue weighted by Crippen LogP contribution is -2.46. The summed E-state index contributed by atoms with van der Waals surface area (Å²) in [6.07, 6.45) is 4.18. The minimum absolute atomic E-state index is 0.116. The number of hydrogen-bond acceptors (Lipinski definition) is 1. The third-order valence-corrected chi connectivity index (χ3v) is 6.10.